The van der Waals surface area contributed by atoms with Crippen molar-refractivity contribution in [3.63, 3.8) is 0 Å². The van der Waals surface area contributed by atoms with Gasteiger partial charge in [0.05, 0.1) is 0 Å². The molecule has 1 unspecified atom stereocenters. The number of pyridine rings is 1. The van der Waals surface area contributed by atoms with Crippen molar-refractivity contribution in [2.75, 3.05) is 5.32 Å². The Morgan fingerprint density at radius 2 is 1.95 bits per heavy atom. The van der Waals surface area contributed by atoms with Gasteiger partial charge in [-0.15, -0.1) is 0 Å². The minimum Gasteiger partial charge on any atom is -0.444 e. The highest BCUT2D eigenvalue weighted by molar-refractivity contribution is 5.83. The number of alkyl halides is 3. The van der Waals surface area contributed by atoms with E-state index in [1.807, 2.05) is 0 Å². The molecule has 1 rings (SSSR count). The highest BCUT2D eigenvalue weighted by Crippen LogP contribution is 2.32. The lowest BCUT2D eigenvalue weighted by atomic mass is 10.1. The fourth-order valence-electron chi connectivity index (χ4n) is 1.24. The summed E-state index contributed by atoms with van der Waals surface area (Å²) in [7, 11) is 0. The first kappa shape index (κ1) is 16.2. The number of aliphatic hydroxyl groups excluding tert-OH is 1. The second-order valence-corrected chi connectivity index (χ2v) is 5.05. The van der Waals surface area contributed by atoms with Gasteiger partial charge in [0.1, 0.15) is 11.4 Å². The molecule has 0 aromatic carbocycles. The number of hydrogen-bond acceptors (Lipinski definition) is 4. The third-order valence-electron chi connectivity index (χ3n) is 2.04. The lowest BCUT2D eigenvalue weighted by Crippen LogP contribution is -2.27. The number of amides is 1. The molecular weight excluding hydrogens is 277 g/mol. The number of halogens is 3. The van der Waals surface area contributed by atoms with Crippen LogP contribution in [0.2, 0.25) is 0 Å². The molecule has 0 fully saturated rings. The van der Waals surface area contributed by atoms with Crippen molar-refractivity contribution in [1.82, 2.24) is 4.98 Å². The zero-order valence-electron chi connectivity index (χ0n) is 11.2. The summed E-state index contributed by atoms with van der Waals surface area (Å²) < 4.78 is 41.7. The molecule has 1 aromatic rings. The van der Waals surface area contributed by atoms with Crippen molar-refractivity contribution in [3.8, 4) is 0 Å². The summed E-state index contributed by atoms with van der Waals surface area (Å²) in [5.74, 6) is 0.0253. The molecule has 0 bridgehead atoms. The topological polar surface area (TPSA) is 71.5 Å². The van der Waals surface area contributed by atoms with Gasteiger partial charge >= 0.3 is 12.3 Å². The van der Waals surface area contributed by atoms with E-state index in [-0.39, 0.29) is 5.82 Å². The Hall–Kier alpha value is -1.83. The Morgan fingerprint density at radius 3 is 2.35 bits per heavy atom. The van der Waals surface area contributed by atoms with Gasteiger partial charge in [-0.25, -0.2) is 9.78 Å². The fourth-order valence-corrected chi connectivity index (χ4v) is 1.24. The summed E-state index contributed by atoms with van der Waals surface area (Å²) in [5, 5.41) is 11.3. The van der Waals surface area contributed by atoms with Crippen LogP contribution in [0.4, 0.5) is 23.8 Å². The molecule has 0 saturated carbocycles. The van der Waals surface area contributed by atoms with Crippen molar-refractivity contribution in [1.29, 1.82) is 0 Å². The smallest absolute Gasteiger partial charge is 0.418 e. The molecule has 1 heterocycles. The van der Waals surface area contributed by atoms with Gasteiger partial charge in [0.25, 0.3) is 0 Å². The number of carbonyl (C=O) groups excluding carboxylic acids is 1. The Morgan fingerprint density at radius 1 is 1.35 bits per heavy atom. The predicted molar refractivity (Wildman–Crippen MR) is 65.1 cm³/mol. The second kappa shape index (κ2) is 5.66. The van der Waals surface area contributed by atoms with Crippen LogP contribution in [0.25, 0.3) is 0 Å². The van der Waals surface area contributed by atoms with E-state index in [0.29, 0.717) is 0 Å². The van der Waals surface area contributed by atoms with E-state index < -0.39 is 29.5 Å². The van der Waals surface area contributed by atoms with Crippen LogP contribution in [0, 0.1) is 0 Å². The molecule has 0 aliphatic carbocycles. The first-order valence-electron chi connectivity index (χ1n) is 5.70. The van der Waals surface area contributed by atoms with Crippen LogP contribution in [0.3, 0.4) is 0 Å². The zero-order chi connectivity index (χ0) is 15.6. The minimum absolute atomic E-state index is 0.0253. The average molecular weight is 292 g/mol. The summed E-state index contributed by atoms with van der Waals surface area (Å²) >= 11 is 0. The highest BCUT2D eigenvalue weighted by Gasteiger charge is 2.39. The summed E-state index contributed by atoms with van der Waals surface area (Å²) in [6.07, 6.45) is -7.30. The van der Waals surface area contributed by atoms with E-state index in [0.717, 1.165) is 18.3 Å². The summed E-state index contributed by atoms with van der Waals surface area (Å²) in [5.41, 5.74) is -1.11. The Bertz CT molecular complexity index is 466. The van der Waals surface area contributed by atoms with Gasteiger partial charge in [0.15, 0.2) is 6.10 Å². The van der Waals surface area contributed by atoms with Crippen LogP contribution in [-0.2, 0) is 4.74 Å². The summed E-state index contributed by atoms with van der Waals surface area (Å²) in [4.78, 5) is 15.0. The Labute approximate surface area is 113 Å². The normalized spacial score (nSPS) is 13.8. The highest BCUT2D eigenvalue weighted by atomic mass is 19.4. The molecule has 1 aromatic heterocycles. The number of anilines is 1. The van der Waals surface area contributed by atoms with Crippen molar-refractivity contribution in [3.05, 3.63) is 23.9 Å². The third-order valence-corrected chi connectivity index (χ3v) is 2.04. The fraction of sp³-hybridized carbons (Fsp3) is 0.500. The predicted octanol–water partition coefficient (Wildman–Crippen LogP) is 3.02. The monoisotopic (exact) mass is 292 g/mol. The Kier molecular flexibility index (Phi) is 4.59. The van der Waals surface area contributed by atoms with E-state index in [1.54, 1.807) is 20.8 Å². The number of ether oxygens (including phenoxy) is 1. The van der Waals surface area contributed by atoms with E-state index in [4.69, 9.17) is 9.84 Å². The molecule has 2 N–H and O–H groups in total. The van der Waals surface area contributed by atoms with E-state index in [1.165, 1.54) is 0 Å². The zero-order valence-corrected chi connectivity index (χ0v) is 11.2. The maximum absolute atomic E-state index is 12.3. The van der Waals surface area contributed by atoms with Gasteiger partial charge in [0.2, 0.25) is 0 Å². The summed E-state index contributed by atoms with van der Waals surface area (Å²) in [6, 6.07) is 2.17. The average Bonchev–Trinajstić information content (AvgIpc) is 2.25. The number of aliphatic hydroxyl groups is 1. The first-order valence-corrected chi connectivity index (χ1v) is 5.70. The molecule has 0 saturated heterocycles. The SMILES string of the molecule is CC(C)(C)OC(=O)Nc1ccc(C(O)C(F)(F)F)cn1. The van der Waals surface area contributed by atoms with Crippen LogP contribution in [0.15, 0.2) is 18.3 Å². The van der Waals surface area contributed by atoms with Crippen LogP contribution in [0.1, 0.15) is 32.4 Å². The molecule has 0 aliphatic heterocycles. The number of nitrogens with zero attached hydrogens (tertiary/aromatic N) is 1. The third kappa shape index (κ3) is 5.04. The van der Waals surface area contributed by atoms with Crippen LogP contribution in [-0.4, -0.2) is 28.0 Å². The molecule has 20 heavy (non-hydrogen) atoms. The van der Waals surface area contributed by atoms with E-state index in [9.17, 15) is 18.0 Å². The molecule has 5 nitrogen and oxygen atoms in total. The van der Waals surface area contributed by atoms with Gasteiger partial charge in [-0.3, -0.25) is 5.32 Å². The van der Waals surface area contributed by atoms with Gasteiger partial charge < -0.3 is 9.84 Å². The number of nitrogens with one attached hydrogen (secondary N) is 1. The van der Waals surface area contributed by atoms with Crippen LogP contribution < -0.4 is 5.32 Å². The van der Waals surface area contributed by atoms with Crippen molar-refractivity contribution in [2.45, 2.75) is 38.7 Å². The number of carbonyl (C=O) groups is 1. The maximum atomic E-state index is 12.3. The van der Waals surface area contributed by atoms with Gasteiger partial charge in [-0.1, -0.05) is 6.07 Å². The van der Waals surface area contributed by atoms with Crippen molar-refractivity contribution >= 4 is 11.9 Å². The molecule has 8 heteroatoms. The largest absolute Gasteiger partial charge is 0.444 e. The number of aromatic nitrogens is 1. The first-order chi connectivity index (χ1) is 8.99. The molecule has 1 amide bonds. The quantitative estimate of drug-likeness (QED) is 0.879. The molecular formula is C12H15F3N2O3. The lowest BCUT2D eigenvalue weighted by Gasteiger charge is -2.19. The van der Waals surface area contributed by atoms with Crippen LogP contribution >= 0.6 is 0 Å². The molecule has 1 atom stereocenters. The minimum atomic E-state index is -4.76. The molecule has 0 radical (unpaired) electrons. The number of hydrogen-bond donors (Lipinski definition) is 2. The Balaban J connectivity index is 2.70. The molecule has 0 spiro atoms. The number of rotatable bonds is 2. The van der Waals surface area contributed by atoms with Crippen molar-refractivity contribution < 1.29 is 27.8 Å². The van der Waals surface area contributed by atoms with E-state index >= 15 is 0 Å². The molecule has 112 valence electrons. The molecule has 0 aliphatic rings. The maximum Gasteiger partial charge on any atom is 0.418 e. The van der Waals surface area contributed by atoms with E-state index in [2.05, 4.69) is 10.3 Å². The van der Waals surface area contributed by atoms with Crippen molar-refractivity contribution in [2.24, 2.45) is 0 Å². The standard InChI is InChI=1S/C12H15F3N2O3/c1-11(2,3)20-10(19)17-8-5-4-7(6-16-8)9(18)12(13,14)15/h4-6,9,18H,1-3H3,(H,16,17,19). The van der Waals surface area contributed by atoms with Gasteiger partial charge in [0, 0.05) is 11.8 Å². The van der Waals surface area contributed by atoms with Gasteiger partial charge in [-0.2, -0.15) is 13.2 Å². The lowest BCUT2D eigenvalue weighted by molar-refractivity contribution is -0.206. The second-order valence-electron chi connectivity index (χ2n) is 5.05. The van der Waals surface area contributed by atoms with Crippen LogP contribution in [0.5, 0.6) is 0 Å². The van der Waals surface area contributed by atoms with Gasteiger partial charge in [-0.05, 0) is 26.8 Å². The summed E-state index contributed by atoms with van der Waals surface area (Å²) in [6.45, 7) is 5.01.